The minimum absolute atomic E-state index is 0.0777. The van der Waals surface area contributed by atoms with Crippen molar-refractivity contribution >= 4 is 39.9 Å². The fourth-order valence-corrected chi connectivity index (χ4v) is 2.66. The molecule has 0 fully saturated rings. The van der Waals surface area contributed by atoms with Crippen molar-refractivity contribution in [1.29, 1.82) is 0 Å². The van der Waals surface area contributed by atoms with Crippen LogP contribution in [0.3, 0.4) is 0 Å². The molecule has 0 saturated carbocycles. The third-order valence-electron chi connectivity index (χ3n) is 3.32. The van der Waals surface area contributed by atoms with Gasteiger partial charge in [-0.15, -0.1) is 10.2 Å². The second-order valence-corrected chi connectivity index (χ2v) is 5.72. The van der Waals surface area contributed by atoms with E-state index in [9.17, 15) is 14.4 Å². The summed E-state index contributed by atoms with van der Waals surface area (Å²) >= 11 is 1.21. The van der Waals surface area contributed by atoms with Crippen LogP contribution in [-0.4, -0.2) is 34.0 Å². The highest BCUT2D eigenvalue weighted by atomic mass is 32.1. The lowest BCUT2D eigenvalue weighted by Gasteiger charge is -2.13. The Kier molecular flexibility index (Phi) is 4.29. The Morgan fingerprint density at radius 1 is 1.30 bits per heavy atom. The first-order valence-electron chi connectivity index (χ1n) is 6.90. The molecule has 3 N–H and O–H groups in total. The molecule has 0 bridgehead atoms. The second-order valence-electron chi connectivity index (χ2n) is 4.89. The Morgan fingerprint density at radius 3 is 2.91 bits per heavy atom. The van der Waals surface area contributed by atoms with Gasteiger partial charge < -0.3 is 16.0 Å². The Hall–Kier alpha value is -2.81. The van der Waals surface area contributed by atoms with Crippen LogP contribution in [0.25, 0.3) is 0 Å². The maximum Gasteiger partial charge on any atom is 0.254 e. The number of fused-ring (bicyclic) bond motifs is 1. The lowest BCUT2D eigenvalue weighted by molar-refractivity contribution is -0.118. The summed E-state index contributed by atoms with van der Waals surface area (Å²) in [6, 6.07) is 5.99. The predicted molar refractivity (Wildman–Crippen MR) is 84.1 cm³/mol. The van der Waals surface area contributed by atoms with E-state index in [0.29, 0.717) is 16.4 Å². The molecule has 0 saturated heterocycles. The predicted octanol–water partition coefficient (Wildman–Crippen LogP) is 1.01. The summed E-state index contributed by atoms with van der Waals surface area (Å²) in [6.07, 6.45) is 0.268. The van der Waals surface area contributed by atoms with Crippen molar-refractivity contribution < 1.29 is 14.4 Å². The SMILES string of the molecule is O=C(CCC1NC(=O)c2ccccc2NC1=O)Nc1nncs1. The van der Waals surface area contributed by atoms with E-state index in [2.05, 4.69) is 26.1 Å². The largest absolute Gasteiger partial charge is 0.340 e. The first kappa shape index (κ1) is 15.1. The van der Waals surface area contributed by atoms with Crippen molar-refractivity contribution in [3.05, 3.63) is 35.3 Å². The molecule has 2 heterocycles. The molecule has 1 aliphatic heterocycles. The lowest BCUT2D eigenvalue weighted by atomic mass is 10.1. The average Bonchev–Trinajstić information content (AvgIpc) is 3.00. The third kappa shape index (κ3) is 3.51. The standard InChI is InChI=1S/C14H13N5O3S/c20-11(18-14-19-15-7-23-14)6-5-10-13(22)16-9-4-2-1-3-8(9)12(21)17-10/h1-4,7,10H,5-6H2,(H,16,22)(H,17,21)(H,18,19,20). The number of aromatic nitrogens is 2. The van der Waals surface area contributed by atoms with Crippen LogP contribution in [0.2, 0.25) is 0 Å². The van der Waals surface area contributed by atoms with E-state index in [1.54, 1.807) is 24.3 Å². The van der Waals surface area contributed by atoms with Crippen LogP contribution >= 0.6 is 11.3 Å². The summed E-state index contributed by atoms with van der Waals surface area (Å²) in [4.78, 5) is 36.1. The van der Waals surface area contributed by atoms with Crippen LogP contribution < -0.4 is 16.0 Å². The highest BCUT2D eigenvalue weighted by molar-refractivity contribution is 7.13. The second kappa shape index (κ2) is 6.53. The first-order chi connectivity index (χ1) is 11.1. The van der Waals surface area contributed by atoms with E-state index < -0.39 is 6.04 Å². The zero-order chi connectivity index (χ0) is 16.2. The molecule has 118 valence electrons. The van der Waals surface area contributed by atoms with Crippen molar-refractivity contribution in [2.75, 3.05) is 10.6 Å². The Bertz CT molecular complexity index is 747. The van der Waals surface area contributed by atoms with E-state index in [-0.39, 0.29) is 30.6 Å². The van der Waals surface area contributed by atoms with Crippen LogP contribution in [-0.2, 0) is 9.59 Å². The van der Waals surface area contributed by atoms with Gasteiger partial charge in [-0.05, 0) is 18.6 Å². The number of anilines is 2. The lowest BCUT2D eigenvalue weighted by Crippen LogP contribution is -2.41. The van der Waals surface area contributed by atoms with Gasteiger partial charge in [0, 0.05) is 6.42 Å². The van der Waals surface area contributed by atoms with Gasteiger partial charge in [-0.3, -0.25) is 14.4 Å². The molecule has 0 radical (unpaired) electrons. The fourth-order valence-electron chi connectivity index (χ4n) is 2.20. The van der Waals surface area contributed by atoms with E-state index in [0.717, 1.165) is 0 Å². The van der Waals surface area contributed by atoms with E-state index in [1.165, 1.54) is 16.8 Å². The highest BCUT2D eigenvalue weighted by Crippen LogP contribution is 2.19. The first-order valence-corrected chi connectivity index (χ1v) is 7.78. The molecule has 3 rings (SSSR count). The van der Waals surface area contributed by atoms with Gasteiger partial charge >= 0.3 is 0 Å². The Labute approximate surface area is 135 Å². The van der Waals surface area contributed by atoms with Gasteiger partial charge in [0.2, 0.25) is 16.9 Å². The van der Waals surface area contributed by atoms with E-state index >= 15 is 0 Å². The Balaban J connectivity index is 1.62. The highest BCUT2D eigenvalue weighted by Gasteiger charge is 2.27. The number of benzene rings is 1. The molecule has 3 amide bonds. The van der Waals surface area contributed by atoms with Gasteiger partial charge in [0.1, 0.15) is 11.6 Å². The van der Waals surface area contributed by atoms with Crippen molar-refractivity contribution in [3.63, 3.8) is 0 Å². The maximum atomic E-state index is 12.2. The summed E-state index contributed by atoms with van der Waals surface area (Å²) in [5.41, 5.74) is 2.38. The number of nitrogens with one attached hydrogen (secondary N) is 3. The van der Waals surface area contributed by atoms with Gasteiger partial charge in [0.05, 0.1) is 11.3 Å². The van der Waals surface area contributed by atoms with Crippen molar-refractivity contribution in [2.24, 2.45) is 0 Å². The van der Waals surface area contributed by atoms with Crippen LogP contribution in [0.5, 0.6) is 0 Å². The zero-order valence-corrected chi connectivity index (χ0v) is 12.7. The summed E-state index contributed by atoms with van der Waals surface area (Å²) in [5, 5.41) is 15.6. The molecule has 1 aliphatic rings. The van der Waals surface area contributed by atoms with Crippen molar-refractivity contribution in [3.8, 4) is 0 Å². The zero-order valence-electron chi connectivity index (χ0n) is 11.9. The number of para-hydroxylation sites is 1. The molecule has 0 spiro atoms. The fraction of sp³-hybridized carbons (Fsp3) is 0.214. The number of amides is 3. The van der Waals surface area contributed by atoms with Gasteiger partial charge in [-0.25, -0.2) is 0 Å². The summed E-state index contributed by atoms with van der Waals surface area (Å²) in [5.74, 6) is -0.967. The molecule has 0 aliphatic carbocycles. The smallest absolute Gasteiger partial charge is 0.254 e. The van der Waals surface area contributed by atoms with E-state index in [1.807, 2.05) is 0 Å². The molecule has 1 unspecified atom stereocenters. The van der Waals surface area contributed by atoms with Crippen LogP contribution in [0, 0.1) is 0 Å². The van der Waals surface area contributed by atoms with Crippen LogP contribution in [0.15, 0.2) is 29.8 Å². The topological polar surface area (TPSA) is 113 Å². The summed E-state index contributed by atoms with van der Waals surface area (Å²) in [6.45, 7) is 0. The number of hydrogen-bond donors (Lipinski definition) is 3. The van der Waals surface area contributed by atoms with Crippen molar-refractivity contribution in [1.82, 2.24) is 15.5 Å². The number of carbonyl (C=O) groups excluding carboxylic acids is 3. The number of carbonyl (C=O) groups is 3. The maximum absolute atomic E-state index is 12.2. The molecule has 9 heteroatoms. The normalized spacial score (nSPS) is 16.8. The molecule has 1 aromatic carbocycles. The van der Waals surface area contributed by atoms with Crippen LogP contribution in [0.4, 0.5) is 10.8 Å². The molecule has 2 aromatic rings. The summed E-state index contributed by atoms with van der Waals surface area (Å²) in [7, 11) is 0. The van der Waals surface area contributed by atoms with Gasteiger partial charge in [-0.2, -0.15) is 0 Å². The molecule has 8 nitrogen and oxygen atoms in total. The number of nitrogens with zero attached hydrogens (tertiary/aromatic N) is 2. The van der Waals surface area contributed by atoms with Crippen molar-refractivity contribution in [2.45, 2.75) is 18.9 Å². The van der Waals surface area contributed by atoms with E-state index in [4.69, 9.17) is 0 Å². The van der Waals surface area contributed by atoms with Gasteiger partial charge in [0.15, 0.2) is 0 Å². The van der Waals surface area contributed by atoms with Gasteiger partial charge in [-0.1, -0.05) is 23.5 Å². The Morgan fingerprint density at radius 2 is 2.13 bits per heavy atom. The third-order valence-corrected chi connectivity index (χ3v) is 3.92. The summed E-state index contributed by atoms with van der Waals surface area (Å²) < 4.78 is 0. The van der Waals surface area contributed by atoms with Gasteiger partial charge in [0.25, 0.3) is 5.91 Å². The molecule has 1 aromatic heterocycles. The molecule has 23 heavy (non-hydrogen) atoms. The minimum Gasteiger partial charge on any atom is -0.340 e. The average molecular weight is 331 g/mol. The quantitative estimate of drug-likeness (QED) is 0.774. The minimum atomic E-state index is -0.768. The molecule has 1 atom stereocenters. The monoisotopic (exact) mass is 331 g/mol. The number of hydrogen-bond acceptors (Lipinski definition) is 6. The van der Waals surface area contributed by atoms with Crippen LogP contribution in [0.1, 0.15) is 23.2 Å². The number of rotatable bonds is 4. The molecular weight excluding hydrogens is 318 g/mol. The molecular formula is C14H13N5O3S.